The minimum atomic E-state index is -4.05. The van der Waals surface area contributed by atoms with Crippen LogP contribution in [0.25, 0.3) is 0 Å². The van der Waals surface area contributed by atoms with Crippen LogP contribution < -0.4 is 5.73 Å². The molecule has 166 valence electrons. The zero-order valence-electron chi connectivity index (χ0n) is 16.4. The molecule has 0 radical (unpaired) electrons. The summed E-state index contributed by atoms with van der Waals surface area (Å²) in [5.41, 5.74) is 1.90. The standard InChI is InChI=1S/C19H22Cl2FNO6S/c1-3-28-16(24)18(22)11-8-14(19(23,15(11)18)17(25)29-4-2)30(26,27)9-10-5-6-12(20)13(21)7-10/h5-7,11,14-15H,3-4,8-9,23H2,1-2H3. The highest BCUT2D eigenvalue weighted by atomic mass is 35.5. The molecule has 2 saturated carbocycles. The maximum Gasteiger partial charge on any atom is 0.344 e. The summed E-state index contributed by atoms with van der Waals surface area (Å²) in [5.74, 6) is -5.05. The number of ether oxygens (including phenoxy) is 2. The van der Waals surface area contributed by atoms with Gasteiger partial charge < -0.3 is 15.2 Å². The predicted octanol–water partition coefficient (Wildman–Crippen LogP) is 2.46. The number of carbonyl (C=O) groups excluding carboxylic acids is 2. The summed E-state index contributed by atoms with van der Waals surface area (Å²) in [5, 5.41) is -0.990. The van der Waals surface area contributed by atoms with Crippen molar-refractivity contribution in [3.63, 3.8) is 0 Å². The number of hydrogen-bond acceptors (Lipinski definition) is 7. The molecule has 0 bridgehead atoms. The molecule has 0 aromatic heterocycles. The number of hydrogen-bond donors (Lipinski definition) is 1. The third kappa shape index (κ3) is 3.49. The SMILES string of the molecule is CCOC(=O)C1(N)C2C(CC1S(=O)(=O)Cc1ccc(Cl)c(Cl)c1)C2(F)C(=O)OCC. The molecule has 2 aliphatic rings. The molecule has 2 N–H and O–H groups in total. The summed E-state index contributed by atoms with van der Waals surface area (Å²) in [4.78, 5) is 24.9. The monoisotopic (exact) mass is 481 g/mol. The van der Waals surface area contributed by atoms with E-state index in [-0.39, 0.29) is 29.7 Å². The van der Waals surface area contributed by atoms with E-state index < -0.39 is 55.8 Å². The lowest BCUT2D eigenvalue weighted by atomic mass is 9.90. The first-order valence-electron chi connectivity index (χ1n) is 9.42. The van der Waals surface area contributed by atoms with Gasteiger partial charge in [0.25, 0.3) is 0 Å². The molecule has 11 heteroatoms. The Morgan fingerprint density at radius 2 is 1.77 bits per heavy atom. The fraction of sp³-hybridized carbons (Fsp3) is 0.579. The molecule has 2 fully saturated rings. The number of alkyl halides is 1. The van der Waals surface area contributed by atoms with Gasteiger partial charge in [0.15, 0.2) is 9.84 Å². The fourth-order valence-corrected chi connectivity index (χ4v) is 6.98. The van der Waals surface area contributed by atoms with Crippen LogP contribution in [0.2, 0.25) is 10.0 Å². The Morgan fingerprint density at radius 3 is 2.33 bits per heavy atom. The van der Waals surface area contributed by atoms with E-state index in [9.17, 15) is 18.0 Å². The van der Waals surface area contributed by atoms with Gasteiger partial charge in [-0.2, -0.15) is 0 Å². The fourth-order valence-electron chi connectivity index (χ4n) is 4.48. The zero-order chi connectivity index (χ0) is 22.5. The van der Waals surface area contributed by atoms with Crippen LogP contribution in [0, 0.1) is 11.8 Å². The third-order valence-electron chi connectivity index (χ3n) is 5.80. The lowest BCUT2D eigenvalue weighted by Gasteiger charge is -2.33. The minimum Gasteiger partial charge on any atom is -0.465 e. The molecular formula is C19H22Cl2FNO6S. The van der Waals surface area contributed by atoms with E-state index in [4.69, 9.17) is 38.4 Å². The van der Waals surface area contributed by atoms with Crippen molar-refractivity contribution in [1.82, 2.24) is 0 Å². The number of carbonyl (C=O) groups is 2. The van der Waals surface area contributed by atoms with Gasteiger partial charge in [0, 0.05) is 11.8 Å². The van der Waals surface area contributed by atoms with Crippen molar-refractivity contribution in [3.8, 4) is 0 Å². The minimum absolute atomic E-state index is 0.0556. The number of sulfone groups is 1. The molecule has 5 atom stereocenters. The summed E-state index contributed by atoms with van der Waals surface area (Å²) in [6, 6.07) is 4.34. The second-order valence-corrected chi connectivity index (χ2v) is 10.5. The highest BCUT2D eigenvalue weighted by Crippen LogP contribution is 2.68. The van der Waals surface area contributed by atoms with Crippen LogP contribution >= 0.6 is 23.2 Å². The third-order valence-corrected chi connectivity index (χ3v) is 8.73. The number of nitrogens with two attached hydrogens (primary N) is 1. The summed E-state index contributed by atoms with van der Waals surface area (Å²) >= 11 is 11.8. The van der Waals surface area contributed by atoms with Crippen molar-refractivity contribution in [2.75, 3.05) is 13.2 Å². The van der Waals surface area contributed by atoms with Gasteiger partial charge in [-0.1, -0.05) is 29.3 Å². The lowest BCUT2D eigenvalue weighted by Crippen LogP contribution is -2.62. The van der Waals surface area contributed by atoms with E-state index in [1.54, 1.807) is 0 Å². The molecule has 0 saturated heterocycles. The normalized spacial score (nSPS) is 32.4. The Morgan fingerprint density at radius 1 is 1.17 bits per heavy atom. The van der Waals surface area contributed by atoms with Crippen LogP contribution in [0.5, 0.6) is 0 Å². The zero-order valence-corrected chi connectivity index (χ0v) is 18.7. The van der Waals surface area contributed by atoms with Crippen molar-refractivity contribution in [3.05, 3.63) is 33.8 Å². The summed E-state index contributed by atoms with van der Waals surface area (Å²) < 4.78 is 51.5. The van der Waals surface area contributed by atoms with E-state index in [0.717, 1.165) is 0 Å². The van der Waals surface area contributed by atoms with Gasteiger partial charge >= 0.3 is 11.9 Å². The molecule has 1 aromatic rings. The lowest BCUT2D eigenvalue weighted by molar-refractivity contribution is -0.156. The van der Waals surface area contributed by atoms with Gasteiger partial charge in [-0.05, 0) is 38.0 Å². The van der Waals surface area contributed by atoms with E-state index in [2.05, 4.69) is 0 Å². The molecule has 0 aliphatic heterocycles. The number of halogens is 3. The van der Waals surface area contributed by atoms with E-state index >= 15 is 4.39 Å². The second kappa shape index (κ2) is 7.93. The van der Waals surface area contributed by atoms with Gasteiger partial charge in [-0.15, -0.1) is 0 Å². The first-order valence-corrected chi connectivity index (χ1v) is 11.9. The van der Waals surface area contributed by atoms with Crippen molar-refractivity contribution in [1.29, 1.82) is 0 Å². The number of fused-ring (bicyclic) bond motifs is 1. The highest BCUT2D eigenvalue weighted by Gasteiger charge is 2.86. The quantitative estimate of drug-likeness (QED) is 0.594. The molecule has 0 heterocycles. The van der Waals surface area contributed by atoms with Gasteiger partial charge in [0.1, 0.15) is 5.54 Å². The van der Waals surface area contributed by atoms with Crippen LogP contribution in [-0.4, -0.2) is 50.0 Å². The van der Waals surface area contributed by atoms with E-state index in [1.165, 1.54) is 32.0 Å². The maximum atomic E-state index is 15.4. The Kier molecular flexibility index (Phi) is 6.14. The van der Waals surface area contributed by atoms with Crippen LogP contribution in [0.1, 0.15) is 25.8 Å². The van der Waals surface area contributed by atoms with Crippen molar-refractivity contribution in [2.45, 2.75) is 42.5 Å². The first kappa shape index (κ1) is 23.2. The van der Waals surface area contributed by atoms with E-state index in [0.29, 0.717) is 5.56 Å². The van der Waals surface area contributed by atoms with Gasteiger partial charge in [0.2, 0.25) is 5.67 Å². The van der Waals surface area contributed by atoms with Crippen LogP contribution in [-0.2, 0) is 34.7 Å². The number of esters is 2. The van der Waals surface area contributed by atoms with Crippen LogP contribution in [0.3, 0.4) is 0 Å². The predicted molar refractivity (Wildman–Crippen MR) is 108 cm³/mol. The summed E-state index contributed by atoms with van der Waals surface area (Å²) in [6.07, 6.45) is -0.293. The molecule has 2 aliphatic carbocycles. The summed E-state index contributed by atoms with van der Waals surface area (Å²) in [7, 11) is -4.05. The molecule has 0 amide bonds. The van der Waals surface area contributed by atoms with Crippen LogP contribution in [0.4, 0.5) is 4.39 Å². The molecule has 7 nitrogen and oxygen atoms in total. The van der Waals surface area contributed by atoms with Crippen LogP contribution in [0.15, 0.2) is 18.2 Å². The Hall–Kier alpha value is -1.42. The molecular weight excluding hydrogens is 460 g/mol. The number of benzene rings is 1. The summed E-state index contributed by atoms with van der Waals surface area (Å²) in [6.45, 7) is 2.91. The Labute approximate surface area is 183 Å². The first-order chi connectivity index (χ1) is 13.9. The average molecular weight is 482 g/mol. The van der Waals surface area contributed by atoms with Crippen molar-refractivity contribution in [2.24, 2.45) is 17.6 Å². The van der Waals surface area contributed by atoms with Gasteiger partial charge in [-0.3, -0.25) is 0 Å². The van der Waals surface area contributed by atoms with Crippen molar-refractivity contribution < 1.29 is 31.9 Å². The largest absolute Gasteiger partial charge is 0.465 e. The maximum absolute atomic E-state index is 15.4. The van der Waals surface area contributed by atoms with Crippen molar-refractivity contribution >= 4 is 45.0 Å². The molecule has 0 spiro atoms. The highest BCUT2D eigenvalue weighted by molar-refractivity contribution is 7.91. The molecule has 3 rings (SSSR count). The molecule has 30 heavy (non-hydrogen) atoms. The smallest absolute Gasteiger partial charge is 0.344 e. The number of rotatable bonds is 7. The molecule has 5 unspecified atom stereocenters. The van der Waals surface area contributed by atoms with E-state index in [1.807, 2.05) is 0 Å². The topological polar surface area (TPSA) is 113 Å². The Balaban J connectivity index is 1.95. The van der Waals surface area contributed by atoms with Gasteiger partial charge in [0.05, 0.1) is 34.3 Å². The Bertz CT molecular complexity index is 989. The second-order valence-electron chi connectivity index (χ2n) is 7.51. The average Bonchev–Trinajstić information content (AvgIpc) is 3.12. The molecule has 1 aromatic carbocycles. The van der Waals surface area contributed by atoms with Gasteiger partial charge in [-0.25, -0.2) is 22.4 Å².